The molecule has 1 atom stereocenters. The van der Waals surface area contributed by atoms with Crippen LogP contribution in [0.25, 0.3) is 0 Å². The molecule has 0 aromatic carbocycles. The lowest BCUT2D eigenvalue weighted by Crippen LogP contribution is -2.46. The summed E-state index contributed by atoms with van der Waals surface area (Å²) in [5, 5.41) is 8.01. The molecule has 98 valence electrons. The number of fused-ring (bicyclic) bond motifs is 1. The van der Waals surface area contributed by atoms with Gasteiger partial charge in [-0.25, -0.2) is 0 Å². The van der Waals surface area contributed by atoms with E-state index in [1.54, 1.807) is 6.33 Å². The fraction of sp³-hybridized carbons (Fsp3) is 0.750. The Labute approximate surface area is 106 Å². The fourth-order valence-corrected chi connectivity index (χ4v) is 2.83. The molecule has 2 aliphatic heterocycles. The predicted octanol–water partition coefficient (Wildman–Crippen LogP) is 0.0894. The summed E-state index contributed by atoms with van der Waals surface area (Å²) in [4.78, 5) is 13.7. The van der Waals surface area contributed by atoms with E-state index in [0.29, 0.717) is 6.61 Å². The van der Waals surface area contributed by atoms with Gasteiger partial charge in [0.25, 0.3) is 0 Å². The van der Waals surface area contributed by atoms with E-state index >= 15 is 0 Å². The summed E-state index contributed by atoms with van der Waals surface area (Å²) in [6.45, 7) is 4.72. The number of carbonyl (C=O) groups excluding carboxylic acids is 1. The topological polar surface area (TPSA) is 60.2 Å². The Morgan fingerprint density at radius 3 is 3.22 bits per heavy atom. The molecule has 2 aliphatic rings. The van der Waals surface area contributed by atoms with Gasteiger partial charge in [0, 0.05) is 26.2 Å². The summed E-state index contributed by atoms with van der Waals surface area (Å²) < 4.78 is 7.55. The van der Waals surface area contributed by atoms with Gasteiger partial charge in [-0.1, -0.05) is 0 Å². The zero-order valence-corrected chi connectivity index (χ0v) is 10.4. The minimum Gasteiger partial charge on any atom is -0.380 e. The average Bonchev–Trinajstić information content (AvgIpc) is 2.87. The van der Waals surface area contributed by atoms with E-state index < -0.39 is 0 Å². The van der Waals surface area contributed by atoms with E-state index in [2.05, 4.69) is 19.7 Å². The van der Waals surface area contributed by atoms with Crippen LogP contribution in [0.15, 0.2) is 6.33 Å². The second kappa shape index (κ2) is 4.78. The molecule has 6 heteroatoms. The Bertz CT molecular complexity index is 425. The van der Waals surface area contributed by atoms with Crippen molar-refractivity contribution in [3.8, 4) is 0 Å². The Morgan fingerprint density at radius 1 is 1.50 bits per heavy atom. The first kappa shape index (κ1) is 11.8. The van der Waals surface area contributed by atoms with Crippen LogP contribution in [0.4, 0.5) is 0 Å². The maximum absolute atomic E-state index is 11.4. The Kier molecular flexibility index (Phi) is 3.13. The lowest BCUT2D eigenvalue weighted by molar-refractivity contribution is -0.126. The second-order valence-corrected chi connectivity index (χ2v) is 5.29. The van der Waals surface area contributed by atoms with Gasteiger partial charge >= 0.3 is 0 Å². The molecular formula is C12H18N4O2. The summed E-state index contributed by atoms with van der Waals surface area (Å²) in [7, 11) is 0. The summed E-state index contributed by atoms with van der Waals surface area (Å²) in [5.74, 6) is 0.985. The van der Waals surface area contributed by atoms with E-state index in [1.165, 1.54) is 0 Å². The van der Waals surface area contributed by atoms with Crippen LogP contribution in [0.3, 0.4) is 0 Å². The monoisotopic (exact) mass is 250 g/mol. The Hall–Kier alpha value is -1.27. The van der Waals surface area contributed by atoms with Crippen LogP contribution in [0, 0.1) is 5.41 Å². The maximum Gasteiger partial charge on any atom is 0.147 e. The molecule has 0 N–H and O–H groups in total. The van der Waals surface area contributed by atoms with Gasteiger partial charge in [-0.05, 0) is 12.8 Å². The lowest BCUT2D eigenvalue weighted by atomic mass is 9.83. The van der Waals surface area contributed by atoms with Crippen molar-refractivity contribution in [2.75, 3.05) is 26.3 Å². The number of nitrogens with zero attached hydrogens (tertiary/aromatic N) is 4. The summed E-state index contributed by atoms with van der Waals surface area (Å²) >= 11 is 0. The number of ether oxygens (including phenoxy) is 1. The SMILES string of the molecule is O=CC1(CN2CCn3cnnc3C2)CCCOC1. The van der Waals surface area contributed by atoms with Gasteiger partial charge in [0.1, 0.15) is 18.4 Å². The molecule has 1 aromatic heterocycles. The van der Waals surface area contributed by atoms with Crippen LogP contribution < -0.4 is 0 Å². The molecule has 1 fully saturated rings. The number of aromatic nitrogens is 3. The second-order valence-electron chi connectivity index (χ2n) is 5.29. The maximum atomic E-state index is 11.4. The summed E-state index contributed by atoms with van der Waals surface area (Å²) in [6.07, 6.45) is 4.76. The largest absolute Gasteiger partial charge is 0.380 e. The molecule has 0 bridgehead atoms. The van der Waals surface area contributed by atoms with Crippen molar-refractivity contribution in [2.45, 2.75) is 25.9 Å². The van der Waals surface area contributed by atoms with Gasteiger partial charge in [-0.3, -0.25) is 4.90 Å². The normalized spacial score (nSPS) is 28.9. The zero-order valence-electron chi connectivity index (χ0n) is 10.4. The fourth-order valence-electron chi connectivity index (χ4n) is 2.83. The molecule has 0 amide bonds. The van der Waals surface area contributed by atoms with Crippen LogP contribution in [-0.4, -0.2) is 52.3 Å². The first-order valence-electron chi connectivity index (χ1n) is 6.44. The summed E-state index contributed by atoms with van der Waals surface area (Å²) in [5.41, 5.74) is -0.319. The van der Waals surface area contributed by atoms with Crippen molar-refractivity contribution in [3.63, 3.8) is 0 Å². The predicted molar refractivity (Wildman–Crippen MR) is 63.8 cm³/mol. The molecule has 6 nitrogen and oxygen atoms in total. The third-order valence-electron chi connectivity index (χ3n) is 3.86. The first-order valence-corrected chi connectivity index (χ1v) is 6.44. The van der Waals surface area contributed by atoms with Crippen molar-refractivity contribution in [3.05, 3.63) is 12.2 Å². The molecule has 0 radical (unpaired) electrons. The van der Waals surface area contributed by atoms with Crippen molar-refractivity contribution in [1.29, 1.82) is 0 Å². The van der Waals surface area contributed by atoms with Crippen LogP contribution in [-0.2, 0) is 22.6 Å². The minimum atomic E-state index is -0.319. The van der Waals surface area contributed by atoms with Crippen LogP contribution >= 0.6 is 0 Å². The van der Waals surface area contributed by atoms with E-state index in [0.717, 1.165) is 57.7 Å². The van der Waals surface area contributed by atoms with Crippen molar-refractivity contribution in [2.24, 2.45) is 5.41 Å². The highest BCUT2D eigenvalue weighted by Gasteiger charge is 2.35. The van der Waals surface area contributed by atoms with Crippen molar-refractivity contribution < 1.29 is 9.53 Å². The van der Waals surface area contributed by atoms with E-state index in [-0.39, 0.29) is 5.41 Å². The molecule has 0 aliphatic carbocycles. The zero-order chi connectivity index (χ0) is 12.4. The van der Waals surface area contributed by atoms with Gasteiger partial charge in [-0.2, -0.15) is 0 Å². The molecule has 1 unspecified atom stereocenters. The molecule has 1 aromatic rings. The van der Waals surface area contributed by atoms with E-state index in [1.807, 2.05) is 0 Å². The number of carbonyl (C=O) groups is 1. The van der Waals surface area contributed by atoms with Crippen LogP contribution in [0.5, 0.6) is 0 Å². The van der Waals surface area contributed by atoms with Gasteiger partial charge in [0.05, 0.1) is 18.6 Å². The highest BCUT2D eigenvalue weighted by atomic mass is 16.5. The first-order chi connectivity index (χ1) is 8.81. The smallest absolute Gasteiger partial charge is 0.147 e. The van der Waals surface area contributed by atoms with Crippen LogP contribution in [0.2, 0.25) is 0 Å². The van der Waals surface area contributed by atoms with Gasteiger partial charge in [0.15, 0.2) is 0 Å². The standard InChI is InChI=1S/C12H18N4O2/c17-8-12(2-1-5-18-9-12)7-15-3-4-16-10-13-14-11(16)6-15/h8,10H,1-7,9H2. The number of hydrogen-bond donors (Lipinski definition) is 0. The Balaban J connectivity index is 1.68. The number of hydrogen-bond acceptors (Lipinski definition) is 5. The molecular weight excluding hydrogens is 232 g/mol. The molecule has 0 spiro atoms. The van der Waals surface area contributed by atoms with E-state index in [9.17, 15) is 4.79 Å². The highest BCUT2D eigenvalue weighted by Crippen LogP contribution is 2.28. The minimum absolute atomic E-state index is 0.319. The van der Waals surface area contributed by atoms with E-state index in [4.69, 9.17) is 4.74 Å². The van der Waals surface area contributed by atoms with Crippen molar-refractivity contribution in [1.82, 2.24) is 19.7 Å². The Morgan fingerprint density at radius 2 is 2.44 bits per heavy atom. The molecule has 1 saturated heterocycles. The van der Waals surface area contributed by atoms with Crippen LogP contribution in [0.1, 0.15) is 18.7 Å². The molecule has 0 saturated carbocycles. The summed E-state index contributed by atoms with van der Waals surface area (Å²) in [6, 6.07) is 0. The quantitative estimate of drug-likeness (QED) is 0.712. The highest BCUT2D eigenvalue weighted by molar-refractivity contribution is 5.60. The molecule has 3 heterocycles. The van der Waals surface area contributed by atoms with Gasteiger partial charge in [-0.15, -0.1) is 10.2 Å². The average molecular weight is 250 g/mol. The third kappa shape index (κ3) is 2.18. The van der Waals surface area contributed by atoms with Gasteiger partial charge < -0.3 is 14.1 Å². The molecule has 3 rings (SSSR count). The number of rotatable bonds is 3. The number of aldehydes is 1. The molecule has 18 heavy (non-hydrogen) atoms. The van der Waals surface area contributed by atoms with Crippen molar-refractivity contribution >= 4 is 6.29 Å². The third-order valence-corrected chi connectivity index (χ3v) is 3.86. The van der Waals surface area contributed by atoms with Gasteiger partial charge in [0.2, 0.25) is 0 Å². The lowest BCUT2D eigenvalue weighted by Gasteiger charge is -2.38.